The molecule has 0 aliphatic carbocycles. The van der Waals surface area contributed by atoms with Crippen LogP contribution >= 0.6 is 22.6 Å². The van der Waals surface area contributed by atoms with Gasteiger partial charge in [-0.25, -0.2) is 4.79 Å². The predicted molar refractivity (Wildman–Crippen MR) is 83.1 cm³/mol. The second-order valence-electron chi connectivity index (χ2n) is 4.54. The quantitative estimate of drug-likeness (QED) is 0.586. The number of hydrogen-bond acceptors (Lipinski definition) is 2. The van der Waals surface area contributed by atoms with Crippen molar-refractivity contribution in [1.29, 1.82) is 0 Å². The molecule has 1 rings (SSSR count). The Morgan fingerprint density at radius 3 is 2.63 bits per heavy atom. The summed E-state index contributed by atoms with van der Waals surface area (Å²) in [5.41, 5.74) is -0.138. The number of halogens is 1. The van der Waals surface area contributed by atoms with Crippen LogP contribution in [-0.4, -0.2) is 18.3 Å². The van der Waals surface area contributed by atoms with Gasteiger partial charge < -0.3 is 9.84 Å². The van der Waals surface area contributed by atoms with E-state index in [0.717, 1.165) is 22.0 Å². The Morgan fingerprint density at radius 2 is 2.16 bits per heavy atom. The summed E-state index contributed by atoms with van der Waals surface area (Å²) in [6.07, 6.45) is 0.764. The topological polar surface area (TPSA) is 58.6 Å². The van der Waals surface area contributed by atoms with Crippen LogP contribution in [0.4, 0.5) is 4.79 Å². The Bertz CT molecular complexity index is 438. The lowest BCUT2D eigenvalue weighted by Crippen LogP contribution is -2.52. The van der Waals surface area contributed by atoms with Gasteiger partial charge in [-0.05, 0) is 35.1 Å². The molecule has 1 aromatic rings. The van der Waals surface area contributed by atoms with Gasteiger partial charge in [0, 0.05) is 22.2 Å². The van der Waals surface area contributed by atoms with E-state index in [1.54, 1.807) is 7.11 Å². The zero-order chi connectivity index (χ0) is 14.5. The van der Waals surface area contributed by atoms with Gasteiger partial charge in [-0.3, -0.25) is 5.32 Å². The Balaban J connectivity index is 3.31. The fourth-order valence-corrected chi connectivity index (χ4v) is 3.16. The standard InChI is InChI=1S/C14H20INO3/c1-4-7-10(2)14(19-3,16-13(17)18)11-8-5-6-9-12(11)15/h5-6,8-10,16H,4,7H2,1-3H3,(H,17,18). The molecule has 0 heterocycles. The third kappa shape index (κ3) is 3.60. The molecule has 5 heteroatoms. The molecule has 0 saturated carbocycles. The number of rotatable bonds is 6. The van der Waals surface area contributed by atoms with Gasteiger partial charge in [0.15, 0.2) is 5.72 Å². The molecular formula is C14H20INO3. The van der Waals surface area contributed by atoms with Crippen molar-refractivity contribution in [3.63, 3.8) is 0 Å². The molecule has 0 aromatic heterocycles. The third-order valence-corrected chi connectivity index (χ3v) is 4.24. The van der Waals surface area contributed by atoms with Crippen LogP contribution in [0, 0.1) is 9.49 Å². The van der Waals surface area contributed by atoms with Crippen LogP contribution in [0.1, 0.15) is 32.3 Å². The van der Waals surface area contributed by atoms with E-state index >= 15 is 0 Å². The first-order valence-electron chi connectivity index (χ1n) is 6.29. The molecule has 106 valence electrons. The van der Waals surface area contributed by atoms with Gasteiger partial charge >= 0.3 is 6.09 Å². The fourth-order valence-electron chi connectivity index (χ4n) is 2.38. The maximum atomic E-state index is 11.2. The number of benzene rings is 1. The summed E-state index contributed by atoms with van der Waals surface area (Å²) >= 11 is 2.20. The van der Waals surface area contributed by atoms with E-state index in [9.17, 15) is 4.79 Å². The van der Waals surface area contributed by atoms with Gasteiger partial charge in [-0.2, -0.15) is 0 Å². The fraction of sp³-hybridized carbons (Fsp3) is 0.500. The minimum absolute atomic E-state index is 0.0366. The maximum absolute atomic E-state index is 11.2. The second kappa shape index (κ2) is 7.09. The first-order chi connectivity index (χ1) is 8.97. The highest BCUT2D eigenvalue weighted by molar-refractivity contribution is 14.1. The van der Waals surface area contributed by atoms with Gasteiger partial charge in [0.05, 0.1) is 0 Å². The first kappa shape index (κ1) is 16.2. The zero-order valence-electron chi connectivity index (χ0n) is 11.4. The van der Waals surface area contributed by atoms with Gasteiger partial charge in [-0.1, -0.05) is 38.5 Å². The summed E-state index contributed by atoms with van der Waals surface area (Å²) in [4.78, 5) is 11.2. The molecule has 2 unspecified atom stereocenters. The van der Waals surface area contributed by atoms with Crippen LogP contribution in [-0.2, 0) is 10.5 Å². The molecule has 0 saturated heterocycles. The van der Waals surface area contributed by atoms with Crippen molar-refractivity contribution >= 4 is 28.7 Å². The normalized spacial score (nSPS) is 15.6. The molecule has 2 N–H and O–H groups in total. The molecule has 0 aliphatic rings. The molecule has 0 spiro atoms. The molecule has 19 heavy (non-hydrogen) atoms. The van der Waals surface area contributed by atoms with Gasteiger partial charge in [-0.15, -0.1) is 0 Å². The highest BCUT2D eigenvalue weighted by atomic mass is 127. The molecular weight excluding hydrogens is 357 g/mol. The molecule has 2 atom stereocenters. The van der Waals surface area contributed by atoms with Crippen molar-refractivity contribution in [3.8, 4) is 0 Å². The van der Waals surface area contributed by atoms with Gasteiger partial charge in [0.25, 0.3) is 0 Å². The third-order valence-electron chi connectivity index (χ3n) is 3.30. The molecule has 0 bridgehead atoms. The predicted octanol–water partition coefficient (Wildman–Crippen LogP) is 3.79. The molecule has 0 aliphatic heterocycles. The smallest absolute Gasteiger partial charge is 0.407 e. The number of amides is 1. The van der Waals surface area contributed by atoms with Crippen LogP contribution in [0.5, 0.6) is 0 Å². The number of ether oxygens (including phenoxy) is 1. The Kier molecular flexibility index (Phi) is 6.06. The van der Waals surface area contributed by atoms with E-state index in [0.29, 0.717) is 0 Å². The van der Waals surface area contributed by atoms with E-state index in [2.05, 4.69) is 34.8 Å². The van der Waals surface area contributed by atoms with Crippen molar-refractivity contribution in [2.45, 2.75) is 32.4 Å². The summed E-state index contributed by atoms with van der Waals surface area (Å²) in [5.74, 6) is 0.0366. The van der Waals surface area contributed by atoms with E-state index < -0.39 is 11.8 Å². The lowest BCUT2D eigenvalue weighted by Gasteiger charge is -2.38. The molecule has 4 nitrogen and oxygen atoms in total. The van der Waals surface area contributed by atoms with E-state index in [-0.39, 0.29) is 5.92 Å². The molecule has 0 radical (unpaired) electrons. The summed E-state index contributed by atoms with van der Waals surface area (Å²) in [6.45, 7) is 4.08. The zero-order valence-corrected chi connectivity index (χ0v) is 13.6. The van der Waals surface area contributed by atoms with Crippen LogP contribution in [0.2, 0.25) is 0 Å². The summed E-state index contributed by atoms with van der Waals surface area (Å²) in [6, 6.07) is 7.68. The lowest BCUT2D eigenvalue weighted by molar-refractivity contribution is -0.0842. The summed E-state index contributed by atoms with van der Waals surface area (Å²) in [7, 11) is 1.55. The van der Waals surface area contributed by atoms with Crippen LogP contribution in [0.25, 0.3) is 0 Å². The molecule has 1 amide bonds. The summed E-state index contributed by atoms with van der Waals surface area (Å²) < 4.78 is 6.62. The van der Waals surface area contributed by atoms with Gasteiger partial charge in [0.2, 0.25) is 0 Å². The lowest BCUT2D eigenvalue weighted by atomic mass is 9.86. The van der Waals surface area contributed by atoms with Crippen LogP contribution in [0.15, 0.2) is 24.3 Å². The van der Waals surface area contributed by atoms with Crippen molar-refractivity contribution in [2.24, 2.45) is 5.92 Å². The Labute approximate surface area is 127 Å². The average molecular weight is 377 g/mol. The number of methoxy groups -OCH3 is 1. The minimum Gasteiger partial charge on any atom is -0.465 e. The average Bonchev–Trinajstić information content (AvgIpc) is 2.36. The monoisotopic (exact) mass is 377 g/mol. The number of hydrogen-bond donors (Lipinski definition) is 2. The van der Waals surface area contributed by atoms with E-state index in [1.165, 1.54) is 0 Å². The Hall–Kier alpha value is -0.820. The van der Waals surface area contributed by atoms with Crippen molar-refractivity contribution in [1.82, 2.24) is 5.32 Å². The van der Waals surface area contributed by atoms with Crippen molar-refractivity contribution < 1.29 is 14.6 Å². The summed E-state index contributed by atoms with van der Waals surface area (Å²) in [5, 5.41) is 11.7. The van der Waals surface area contributed by atoms with E-state index in [4.69, 9.17) is 9.84 Å². The number of carboxylic acid groups (broad SMARTS) is 1. The minimum atomic E-state index is -1.08. The van der Waals surface area contributed by atoms with E-state index in [1.807, 2.05) is 31.2 Å². The highest BCUT2D eigenvalue weighted by Gasteiger charge is 2.40. The first-order valence-corrected chi connectivity index (χ1v) is 7.37. The van der Waals surface area contributed by atoms with Crippen molar-refractivity contribution in [2.75, 3.05) is 7.11 Å². The highest BCUT2D eigenvalue weighted by Crippen LogP contribution is 2.36. The number of nitrogens with one attached hydrogen (secondary N) is 1. The molecule has 0 fully saturated rings. The second-order valence-corrected chi connectivity index (χ2v) is 5.70. The SMILES string of the molecule is CCCC(C)C(NC(=O)O)(OC)c1ccccc1I. The Morgan fingerprint density at radius 1 is 1.53 bits per heavy atom. The largest absolute Gasteiger partial charge is 0.465 e. The number of carbonyl (C=O) groups is 1. The maximum Gasteiger partial charge on any atom is 0.407 e. The molecule has 1 aromatic carbocycles. The van der Waals surface area contributed by atoms with Crippen molar-refractivity contribution in [3.05, 3.63) is 33.4 Å². The van der Waals surface area contributed by atoms with Crippen LogP contribution < -0.4 is 5.32 Å². The van der Waals surface area contributed by atoms with Crippen LogP contribution in [0.3, 0.4) is 0 Å². The van der Waals surface area contributed by atoms with Gasteiger partial charge in [0.1, 0.15) is 0 Å².